The molecule has 114 valence electrons. The lowest BCUT2D eigenvalue weighted by molar-refractivity contribution is 0.0948. The van der Waals surface area contributed by atoms with Crippen LogP contribution in [0.25, 0.3) is 5.82 Å². The van der Waals surface area contributed by atoms with Crippen LogP contribution in [0.3, 0.4) is 0 Å². The molecular formula is C15H21N3O3. The van der Waals surface area contributed by atoms with Crippen molar-refractivity contribution in [3.63, 3.8) is 0 Å². The number of methoxy groups -OCH3 is 1. The van der Waals surface area contributed by atoms with E-state index in [1.165, 1.54) is 0 Å². The van der Waals surface area contributed by atoms with Crippen LogP contribution in [0.2, 0.25) is 0 Å². The first-order valence-electron chi connectivity index (χ1n) is 6.94. The zero-order chi connectivity index (χ0) is 15.4. The van der Waals surface area contributed by atoms with E-state index in [0.717, 1.165) is 23.6 Å². The van der Waals surface area contributed by atoms with Gasteiger partial charge in [-0.25, -0.2) is 0 Å². The number of aryl methyl sites for hydroxylation is 2. The highest BCUT2D eigenvalue weighted by molar-refractivity contribution is 5.95. The molecule has 0 atom stereocenters. The van der Waals surface area contributed by atoms with Crippen molar-refractivity contribution in [2.24, 2.45) is 0 Å². The SMILES string of the molecule is COCCCNC(=O)c1cc(C)n(-c2cc(C)on2)c1C. The Hall–Kier alpha value is -2.08. The molecule has 0 fully saturated rings. The van der Waals surface area contributed by atoms with E-state index in [2.05, 4.69) is 10.5 Å². The summed E-state index contributed by atoms with van der Waals surface area (Å²) in [4.78, 5) is 12.2. The largest absolute Gasteiger partial charge is 0.385 e. The number of hydrogen-bond donors (Lipinski definition) is 1. The molecule has 0 aliphatic rings. The minimum atomic E-state index is -0.0781. The third kappa shape index (κ3) is 3.33. The average molecular weight is 291 g/mol. The summed E-state index contributed by atoms with van der Waals surface area (Å²) in [5.41, 5.74) is 2.46. The van der Waals surface area contributed by atoms with Crippen molar-refractivity contribution >= 4 is 5.91 Å². The third-order valence-corrected chi connectivity index (χ3v) is 3.33. The molecule has 2 heterocycles. The monoisotopic (exact) mass is 291 g/mol. The molecule has 0 aliphatic carbocycles. The maximum Gasteiger partial charge on any atom is 0.253 e. The van der Waals surface area contributed by atoms with Gasteiger partial charge in [0.05, 0.1) is 5.56 Å². The van der Waals surface area contributed by atoms with Crippen LogP contribution in [-0.4, -0.2) is 35.9 Å². The number of nitrogens with zero attached hydrogens (tertiary/aromatic N) is 2. The van der Waals surface area contributed by atoms with E-state index < -0.39 is 0 Å². The minimum Gasteiger partial charge on any atom is -0.385 e. The highest BCUT2D eigenvalue weighted by Gasteiger charge is 2.17. The number of ether oxygens (including phenoxy) is 1. The van der Waals surface area contributed by atoms with Crippen molar-refractivity contribution in [2.45, 2.75) is 27.2 Å². The Bertz CT molecular complexity index is 628. The van der Waals surface area contributed by atoms with Gasteiger partial charge in [0.1, 0.15) is 5.76 Å². The number of hydrogen-bond acceptors (Lipinski definition) is 4. The maximum atomic E-state index is 12.2. The fraction of sp³-hybridized carbons (Fsp3) is 0.467. The first-order valence-corrected chi connectivity index (χ1v) is 6.94. The molecule has 0 spiro atoms. The number of nitrogens with one attached hydrogen (secondary N) is 1. The Labute approximate surface area is 124 Å². The standard InChI is InChI=1S/C15H21N3O3/c1-10-8-13(15(19)16-6-5-7-20-4)12(3)18(10)14-9-11(2)21-17-14/h8-9H,5-7H2,1-4H3,(H,16,19). The van der Waals surface area contributed by atoms with Gasteiger partial charge in [0, 0.05) is 37.7 Å². The summed E-state index contributed by atoms with van der Waals surface area (Å²) in [7, 11) is 1.65. The molecule has 6 heteroatoms. The molecule has 2 rings (SSSR count). The van der Waals surface area contributed by atoms with Crippen molar-refractivity contribution in [3.8, 4) is 5.82 Å². The smallest absolute Gasteiger partial charge is 0.253 e. The Balaban J connectivity index is 2.17. The van der Waals surface area contributed by atoms with Crippen molar-refractivity contribution in [1.29, 1.82) is 0 Å². The van der Waals surface area contributed by atoms with Gasteiger partial charge in [-0.15, -0.1) is 0 Å². The molecule has 0 aliphatic heterocycles. The second kappa shape index (κ2) is 6.58. The average Bonchev–Trinajstić information content (AvgIpc) is 2.98. The molecule has 2 aromatic rings. The maximum absolute atomic E-state index is 12.2. The van der Waals surface area contributed by atoms with Crippen LogP contribution in [0.1, 0.15) is 33.9 Å². The Morgan fingerprint density at radius 3 is 2.76 bits per heavy atom. The highest BCUT2D eigenvalue weighted by Crippen LogP contribution is 2.20. The van der Waals surface area contributed by atoms with Crippen molar-refractivity contribution in [2.75, 3.05) is 20.3 Å². The fourth-order valence-electron chi connectivity index (χ4n) is 2.32. The molecule has 0 bridgehead atoms. The number of amides is 1. The number of rotatable bonds is 6. The lowest BCUT2D eigenvalue weighted by Gasteiger charge is -2.06. The molecule has 2 aromatic heterocycles. The minimum absolute atomic E-state index is 0.0781. The Morgan fingerprint density at radius 2 is 2.14 bits per heavy atom. The van der Waals surface area contributed by atoms with Gasteiger partial charge in [-0.2, -0.15) is 0 Å². The van der Waals surface area contributed by atoms with Crippen molar-refractivity contribution in [3.05, 3.63) is 34.8 Å². The summed E-state index contributed by atoms with van der Waals surface area (Å²) < 4.78 is 12.0. The van der Waals surface area contributed by atoms with Crippen LogP contribution in [0, 0.1) is 20.8 Å². The normalized spacial score (nSPS) is 10.9. The van der Waals surface area contributed by atoms with E-state index in [-0.39, 0.29) is 5.91 Å². The predicted octanol–water partition coefficient (Wildman–Crippen LogP) is 2.16. The Kier molecular flexibility index (Phi) is 4.80. The van der Waals surface area contributed by atoms with Crippen LogP contribution in [-0.2, 0) is 4.74 Å². The second-order valence-electron chi connectivity index (χ2n) is 5.02. The van der Waals surface area contributed by atoms with Gasteiger partial charge in [-0.3, -0.25) is 9.36 Å². The molecule has 0 unspecified atom stereocenters. The van der Waals surface area contributed by atoms with Gasteiger partial charge in [0.15, 0.2) is 5.82 Å². The van der Waals surface area contributed by atoms with E-state index >= 15 is 0 Å². The van der Waals surface area contributed by atoms with Gasteiger partial charge < -0.3 is 14.6 Å². The van der Waals surface area contributed by atoms with Crippen LogP contribution >= 0.6 is 0 Å². The van der Waals surface area contributed by atoms with Gasteiger partial charge in [0.25, 0.3) is 5.91 Å². The summed E-state index contributed by atoms with van der Waals surface area (Å²) in [6, 6.07) is 3.71. The first kappa shape index (κ1) is 15.3. The summed E-state index contributed by atoms with van der Waals surface area (Å²) in [5.74, 6) is 1.36. The molecule has 21 heavy (non-hydrogen) atoms. The van der Waals surface area contributed by atoms with Crippen molar-refractivity contribution < 1.29 is 14.1 Å². The molecule has 1 N–H and O–H groups in total. The summed E-state index contributed by atoms with van der Waals surface area (Å²) in [6.45, 7) is 6.92. The van der Waals surface area contributed by atoms with E-state index in [1.807, 2.05) is 37.5 Å². The summed E-state index contributed by atoms with van der Waals surface area (Å²) in [5, 5.41) is 6.90. The predicted molar refractivity (Wildman–Crippen MR) is 78.9 cm³/mol. The molecule has 0 radical (unpaired) electrons. The summed E-state index contributed by atoms with van der Waals surface area (Å²) in [6.07, 6.45) is 0.795. The Morgan fingerprint density at radius 1 is 1.38 bits per heavy atom. The van der Waals surface area contributed by atoms with Gasteiger partial charge >= 0.3 is 0 Å². The number of aromatic nitrogens is 2. The fourth-order valence-corrected chi connectivity index (χ4v) is 2.32. The topological polar surface area (TPSA) is 69.3 Å². The zero-order valence-corrected chi connectivity index (χ0v) is 12.9. The molecule has 0 saturated heterocycles. The van der Waals surface area contributed by atoms with Gasteiger partial charge in [-0.1, -0.05) is 5.16 Å². The lowest BCUT2D eigenvalue weighted by Crippen LogP contribution is -2.25. The number of carbonyl (C=O) groups is 1. The third-order valence-electron chi connectivity index (χ3n) is 3.33. The van der Waals surface area contributed by atoms with Crippen LogP contribution in [0.15, 0.2) is 16.7 Å². The molecular weight excluding hydrogens is 270 g/mol. The molecule has 1 amide bonds. The number of carbonyl (C=O) groups excluding carboxylic acids is 1. The second-order valence-corrected chi connectivity index (χ2v) is 5.02. The van der Waals surface area contributed by atoms with E-state index in [9.17, 15) is 4.79 Å². The van der Waals surface area contributed by atoms with Crippen molar-refractivity contribution in [1.82, 2.24) is 15.0 Å². The molecule has 6 nitrogen and oxygen atoms in total. The quantitative estimate of drug-likeness (QED) is 0.828. The van der Waals surface area contributed by atoms with Gasteiger partial charge in [-0.05, 0) is 33.3 Å². The van der Waals surface area contributed by atoms with E-state index in [4.69, 9.17) is 9.26 Å². The molecule has 0 aromatic carbocycles. The van der Waals surface area contributed by atoms with Crippen LogP contribution in [0.4, 0.5) is 0 Å². The summed E-state index contributed by atoms with van der Waals surface area (Å²) >= 11 is 0. The van der Waals surface area contributed by atoms with E-state index in [0.29, 0.717) is 24.5 Å². The lowest BCUT2D eigenvalue weighted by atomic mass is 10.2. The van der Waals surface area contributed by atoms with Crippen LogP contribution in [0.5, 0.6) is 0 Å². The molecule has 0 saturated carbocycles. The first-order chi connectivity index (χ1) is 10.0. The van der Waals surface area contributed by atoms with Gasteiger partial charge in [0.2, 0.25) is 0 Å². The van der Waals surface area contributed by atoms with Crippen LogP contribution < -0.4 is 5.32 Å². The van der Waals surface area contributed by atoms with E-state index in [1.54, 1.807) is 7.11 Å². The highest BCUT2D eigenvalue weighted by atomic mass is 16.5. The zero-order valence-electron chi connectivity index (χ0n) is 12.9.